The van der Waals surface area contributed by atoms with Crippen LogP contribution in [0.5, 0.6) is 0 Å². The maximum absolute atomic E-state index is 5.40. The molecule has 11 heavy (non-hydrogen) atoms. The molecule has 3 nitrogen and oxygen atoms in total. The average Bonchev–Trinajstić information content (AvgIpc) is 1.88. The quantitative estimate of drug-likeness (QED) is 0.589. The summed E-state index contributed by atoms with van der Waals surface area (Å²) in [6, 6.07) is 0. The molecular weight excluding hydrogens is 163 g/mol. The molecule has 0 saturated heterocycles. The summed E-state index contributed by atoms with van der Waals surface area (Å²) in [7, 11) is -2.25. The molecule has 0 aliphatic heterocycles. The van der Waals surface area contributed by atoms with E-state index in [4.69, 9.17) is 13.6 Å². The van der Waals surface area contributed by atoms with E-state index < -0.39 is 7.94 Å². The van der Waals surface area contributed by atoms with Gasteiger partial charge >= 0.3 is 68.8 Å². The van der Waals surface area contributed by atoms with Gasteiger partial charge in [0.25, 0.3) is 0 Å². The summed E-state index contributed by atoms with van der Waals surface area (Å²) in [5.74, 6) is 0. The molecule has 0 unspecified atom stereocenters. The average molecular weight is 182 g/mol. The van der Waals surface area contributed by atoms with Gasteiger partial charge < -0.3 is 0 Å². The summed E-state index contributed by atoms with van der Waals surface area (Å²) in [5, 5.41) is 0. The Morgan fingerprint density at radius 3 is 1.27 bits per heavy atom. The van der Waals surface area contributed by atoms with Crippen molar-refractivity contribution >= 4 is 7.94 Å². The standard InChI is InChI=1S/C7H19O3P/c1-5-8-11(4,9-6-2)10-7-3/h11H,5-7H2,1-4H3. The zero-order valence-corrected chi connectivity index (χ0v) is 8.85. The number of rotatable bonds is 6. The van der Waals surface area contributed by atoms with Gasteiger partial charge in [0.15, 0.2) is 0 Å². The second-order valence-corrected chi connectivity index (χ2v) is 4.75. The molecule has 0 atom stereocenters. The van der Waals surface area contributed by atoms with E-state index in [1.807, 2.05) is 27.4 Å². The monoisotopic (exact) mass is 182 g/mol. The Morgan fingerprint density at radius 2 is 1.09 bits per heavy atom. The van der Waals surface area contributed by atoms with Crippen LogP contribution in [0.2, 0.25) is 0 Å². The third kappa shape index (κ3) is 4.70. The SMILES string of the molecule is CCO[PH](C)(OCC)OCC. The first-order valence-corrected chi connectivity index (χ1v) is 6.32. The Hall–Kier alpha value is 0.310. The molecule has 0 N–H and O–H groups in total. The van der Waals surface area contributed by atoms with Gasteiger partial charge in [-0.2, -0.15) is 0 Å². The molecule has 0 saturated carbocycles. The van der Waals surface area contributed by atoms with E-state index in [-0.39, 0.29) is 0 Å². The molecule has 0 spiro atoms. The van der Waals surface area contributed by atoms with Crippen LogP contribution in [0.3, 0.4) is 0 Å². The van der Waals surface area contributed by atoms with Crippen molar-refractivity contribution < 1.29 is 13.6 Å². The molecule has 0 bridgehead atoms. The summed E-state index contributed by atoms with van der Waals surface area (Å²) < 4.78 is 16.2. The van der Waals surface area contributed by atoms with Crippen LogP contribution in [0, 0.1) is 0 Å². The molecule has 0 fully saturated rings. The molecule has 0 aliphatic rings. The molecule has 0 rings (SSSR count). The molecule has 0 amide bonds. The van der Waals surface area contributed by atoms with Crippen LogP contribution in [0.1, 0.15) is 20.8 Å². The van der Waals surface area contributed by atoms with Crippen LogP contribution in [0.25, 0.3) is 0 Å². The van der Waals surface area contributed by atoms with Crippen LogP contribution in [-0.4, -0.2) is 26.5 Å². The molecule has 0 radical (unpaired) electrons. The first-order valence-electron chi connectivity index (χ1n) is 4.10. The van der Waals surface area contributed by atoms with Gasteiger partial charge in [-0.05, 0) is 0 Å². The van der Waals surface area contributed by atoms with E-state index in [1.165, 1.54) is 0 Å². The van der Waals surface area contributed by atoms with E-state index in [0.29, 0.717) is 19.8 Å². The van der Waals surface area contributed by atoms with Gasteiger partial charge in [0.05, 0.1) is 0 Å². The summed E-state index contributed by atoms with van der Waals surface area (Å²) in [5.41, 5.74) is 0. The van der Waals surface area contributed by atoms with E-state index in [9.17, 15) is 0 Å². The van der Waals surface area contributed by atoms with E-state index in [2.05, 4.69) is 0 Å². The number of hydrogen-bond acceptors (Lipinski definition) is 3. The molecule has 70 valence electrons. The van der Waals surface area contributed by atoms with Crippen molar-refractivity contribution in [1.29, 1.82) is 0 Å². The van der Waals surface area contributed by atoms with Gasteiger partial charge in [-0.3, -0.25) is 0 Å². The fourth-order valence-corrected chi connectivity index (χ4v) is 2.73. The Balaban J connectivity index is 3.79. The molecule has 0 aromatic rings. The normalized spacial score (nSPS) is 13.5. The van der Waals surface area contributed by atoms with Gasteiger partial charge in [-0.15, -0.1) is 0 Å². The van der Waals surface area contributed by atoms with Crippen LogP contribution in [0.4, 0.5) is 0 Å². The first kappa shape index (κ1) is 11.3. The molecule has 0 aromatic carbocycles. The fraction of sp³-hybridized carbons (Fsp3) is 1.00. The van der Waals surface area contributed by atoms with Crippen molar-refractivity contribution in [3.63, 3.8) is 0 Å². The Bertz CT molecular complexity index is 80.7. The Kier molecular flexibility index (Phi) is 6.06. The molecular formula is C7H19O3P. The Morgan fingerprint density at radius 1 is 0.818 bits per heavy atom. The van der Waals surface area contributed by atoms with E-state index in [0.717, 1.165) is 0 Å². The van der Waals surface area contributed by atoms with Crippen LogP contribution in [0.15, 0.2) is 0 Å². The molecule has 4 heteroatoms. The predicted molar refractivity (Wildman–Crippen MR) is 49.1 cm³/mol. The minimum absolute atomic E-state index is 0.655. The van der Waals surface area contributed by atoms with E-state index >= 15 is 0 Å². The van der Waals surface area contributed by atoms with Crippen molar-refractivity contribution in [2.45, 2.75) is 20.8 Å². The van der Waals surface area contributed by atoms with Crippen molar-refractivity contribution in [2.75, 3.05) is 26.5 Å². The second kappa shape index (κ2) is 5.90. The van der Waals surface area contributed by atoms with E-state index in [1.54, 1.807) is 0 Å². The molecule has 0 aromatic heterocycles. The Labute approximate surface area is 69.6 Å². The van der Waals surface area contributed by atoms with Crippen molar-refractivity contribution in [3.8, 4) is 0 Å². The van der Waals surface area contributed by atoms with Crippen LogP contribution in [-0.2, 0) is 13.6 Å². The molecule has 0 aliphatic carbocycles. The van der Waals surface area contributed by atoms with Gasteiger partial charge in [-0.1, -0.05) is 0 Å². The summed E-state index contributed by atoms with van der Waals surface area (Å²) >= 11 is 0. The minimum atomic E-state index is -2.25. The van der Waals surface area contributed by atoms with Gasteiger partial charge in [-0.25, -0.2) is 0 Å². The summed E-state index contributed by atoms with van der Waals surface area (Å²) in [6.45, 7) is 9.73. The van der Waals surface area contributed by atoms with Crippen molar-refractivity contribution in [1.82, 2.24) is 0 Å². The third-order valence-corrected chi connectivity index (χ3v) is 3.66. The first-order chi connectivity index (χ1) is 5.18. The zero-order chi connectivity index (χ0) is 8.74. The fourth-order valence-electron chi connectivity index (χ4n) is 0.912. The second-order valence-electron chi connectivity index (χ2n) is 2.16. The summed E-state index contributed by atoms with van der Waals surface area (Å²) in [4.78, 5) is 0. The van der Waals surface area contributed by atoms with Gasteiger partial charge in [0, 0.05) is 0 Å². The van der Waals surface area contributed by atoms with Gasteiger partial charge in [0.2, 0.25) is 0 Å². The van der Waals surface area contributed by atoms with Crippen molar-refractivity contribution in [2.24, 2.45) is 0 Å². The predicted octanol–water partition coefficient (Wildman–Crippen LogP) is 2.22. The molecule has 0 heterocycles. The number of hydrogen-bond donors (Lipinski definition) is 0. The van der Waals surface area contributed by atoms with Crippen LogP contribution < -0.4 is 0 Å². The third-order valence-electron chi connectivity index (χ3n) is 1.22. The maximum atomic E-state index is 5.40. The topological polar surface area (TPSA) is 27.7 Å². The van der Waals surface area contributed by atoms with Gasteiger partial charge in [0.1, 0.15) is 0 Å². The summed E-state index contributed by atoms with van der Waals surface area (Å²) in [6.07, 6.45) is 0. The van der Waals surface area contributed by atoms with Crippen molar-refractivity contribution in [3.05, 3.63) is 0 Å². The van der Waals surface area contributed by atoms with Crippen LogP contribution >= 0.6 is 7.94 Å². The zero-order valence-electron chi connectivity index (χ0n) is 7.85.